The van der Waals surface area contributed by atoms with E-state index < -0.39 is 0 Å². The minimum absolute atomic E-state index is 0.942. The molecule has 0 amide bonds. The highest BCUT2D eigenvalue weighted by molar-refractivity contribution is 5.54. The standard InChI is InChI=1S/C15H21N5/c1-12-15(13(2)18-17-12)20-9-7-19(8-10-20)11-14-5-3-4-6-16-14/h3-6H,7-11H2,1-2H3,(H,17,18). The number of nitrogens with zero attached hydrogens (tertiary/aromatic N) is 4. The maximum atomic E-state index is 4.40. The molecule has 0 aliphatic carbocycles. The predicted octanol–water partition coefficient (Wildman–Crippen LogP) is 1.74. The third-order valence-electron chi connectivity index (χ3n) is 3.89. The first-order valence-electron chi connectivity index (χ1n) is 7.13. The molecule has 2 aromatic rings. The number of aryl methyl sites for hydroxylation is 2. The minimum Gasteiger partial charge on any atom is -0.366 e. The average molecular weight is 271 g/mol. The highest BCUT2D eigenvalue weighted by Gasteiger charge is 2.21. The maximum absolute atomic E-state index is 4.40. The molecule has 5 heteroatoms. The van der Waals surface area contributed by atoms with Crippen molar-refractivity contribution in [2.24, 2.45) is 0 Å². The molecule has 0 aromatic carbocycles. The zero-order valence-electron chi connectivity index (χ0n) is 12.1. The molecule has 1 aliphatic heterocycles. The van der Waals surface area contributed by atoms with E-state index >= 15 is 0 Å². The third kappa shape index (κ3) is 2.67. The smallest absolute Gasteiger partial charge is 0.0827 e. The van der Waals surface area contributed by atoms with Crippen molar-refractivity contribution < 1.29 is 0 Å². The van der Waals surface area contributed by atoms with Gasteiger partial charge < -0.3 is 4.90 Å². The Morgan fingerprint density at radius 1 is 1.15 bits per heavy atom. The lowest BCUT2D eigenvalue weighted by atomic mass is 10.2. The minimum atomic E-state index is 0.942. The first-order valence-corrected chi connectivity index (χ1v) is 7.13. The van der Waals surface area contributed by atoms with Crippen LogP contribution in [-0.4, -0.2) is 46.3 Å². The fourth-order valence-corrected chi connectivity index (χ4v) is 2.86. The molecule has 0 spiro atoms. The number of nitrogens with one attached hydrogen (secondary N) is 1. The van der Waals surface area contributed by atoms with Gasteiger partial charge in [-0.05, 0) is 26.0 Å². The average Bonchev–Trinajstić information content (AvgIpc) is 2.81. The maximum Gasteiger partial charge on any atom is 0.0827 e. The molecular formula is C15H21N5. The number of anilines is 1. The summed E-state index contributed by atoms with van der Waals surface area (Å²) in [4.78, 5) is 9.30. The molecule has 3 rings (SSSR count). The molecular weight excluding hydrogens is 250 g/mol. The fourth-order valence-electron chi connectivity index (χ4n) is 2.86. The molecule has 1 N–H and O–H groups in total. The predicted molar refractivity (Wildman–Crippen MR) is 79.8 cm³/mol. The molecule has 1 fully saturated rings. The molecule has 106 valence electrons. The van der Waals surface area contributed by atoms with Crippen LogP contribution in [0.4, 0.5) is 5.69 Å². The van der Waals surface area contributed by atoms with Gasteiger partial charge >= 0.3 is 0 Å². The number of aromatic amines is 1. The van der Waals surface area contributed by atoms with Crippen LogP contribution in [0.1, 0.15) is 17.1 Å². The van der Waals surface area contributed by atoms with Crippen molar-refractivity contribution in [1.82, 2.24) is 20.1 Å². The van der Waals surface area contributed by atoms with E-state index in [1.54, 1.807) is 0 Å². The van der Waals surface area contributed by atoms with Gasteiger partial charge in [-0.25, -0.2) is 0 Å². The summed E-state index contributed by atoms with van der Waals surface area (Å²) in [6.45, 7) is 9.34. The molecule has 0 unspecified atom stereocenters. The van der Waals surface area contributed by atoms with Crippen molar-refractivity contribution in [3.8, 4) is 0 Å². The van der Waals surface area contributed by atoms with E-state index in [-0.39, 0.29) is 0 Å². The van der Waals surface area contributed by atoms with Gasteiger partial charge in [0.1, 0.15) is 0 Å². The first-order chi connectivity index (χ1) is 9.74. The Morgan fingerprint density at radius 3 is 2.55 bits per heavy atom. The summed E-state index contributed by atoms with van der Waals surface area (Å²) in [6.07, 6.45) is 1.86. The van der Waals surface area contributed by atoms with Gasteiger partial charge in [0.15, 0.2) is 0 Å². The summed E-state index contributed by atoms with van der Waals surface area (Å²) < 4.78 is 0. The Bertz CT molecular complexity index is 535. The molecule has 3 heterocycles. The van der Waals surface area contributed by atoms with Gasteiger partial charge in [0, 0.05) is 38.9 Å². The van der Waals surface area contributed by atoms with Crippen molar-refractivity contribution >= 4 is 5.69 Å². The first kappa shape index (κ1) is 13.1. The number of rotatable bonds is 3. The second-order valence-electron chi connectivity index (χ2n) is 5.37. The number of pyridine rings is 1. The molecule has 0 atom stereocenters. The van der Waals surface area contributed by atoms with E-state index in [1.807, 2.05) is 12.3 Å². The largest absolute Gasteiger partial charge is 0.366 e. The van der Waals surface area contributed by atoms with Crippen LogP contribution in [0.2, 0.25) is 0 Å². The normalized spacial score (nSPS) is 16.6. The van der Waals surface area contributed by atoms with Crippen LogP contribution in [0.25, 0.3) is 0 Å². The number of piperazine rings is 1. The van der Waals surface area contributed by atoms with E-state index in [0.29, 0.717) is 0 Å². The molecule has 0 radical (unpaired) electrons. The summed E-state index contributed by atoms with van der Waals surface area (Å²) in [5, 5.41) is 7.36. The molecule has 1 saturated heterocycles. The zero-order valence-corrected chi connectivity index (χ0v) is 12.1. The van der Waals surface area contributed by atoms with Crippen LogP contribution < -0.4 is 4.90 Å². The van der Waals surface area contributed by atoms with Crippen molar-refractivity contribution in [1.29, 1.82) is 0 Å². The monoisotopic (exact) mass is 271 g/mol. The Labute approximate surface area is 119 Å². The topological polar surface area (TPSA) is 48.1 Å². The molecule has 5 nitrogen and oxygen atoms in total. The van der Waals surface area contributed by atoms with E-state index in [2.05, 4.69) is 51.0 Å². The Hall–Kier alpha value is -1.88. The fraction of sp³-hybridized carbons (Fsp3) is 0.467. The number of aromatic nitrogens is 3. The highest BCUT2D eigenvalue weighted by Crippen LogP contribution is 2.23. The molecule has 2 aromatic heterocycles. The lowest BCUT2D eigenvalue weighted by Crippen LogP contribution is -2.46. The van der Waals surface area contributed by atoms with Gasteiger partial charge in [-0.1, -0.05) is 6.07 Å². The number of hydrogen-bond donors (Lipinski definition) is 1. The number of H-pyrrole nitrogens is 1. The molecule has 1 aliphatic rings. The lowest BCUT2D eigenvalue weighted by Gasteiger charge is -2.36. The summed E-state index contributed by atoms with van der Waals surface area (Å²) in [5.41, 5.74) is 4.69. The zero-order chi connectivity index (χ0) is 13.9. The van der Waals surface area contributed by atoms with Crippen LogP contribution in [0.5, 0.6) is 0 Å². The van der Waals surface area contributed by atoms with Crippen LogP contribution >= 0.6 is 0 Å². The second kappa shape index (κ2) is 5.63. The Balaban J connectivity index is 1.60. The van der Waals surface area contributed by atoms with E-state index in [9.17, 15) is 0 Å². The Morgan fingerprint density at radius 2 is 1.95 bits per heavy atom. The molecule has 20 heavy (non-hydrogen) atoms. The van der Waals surface area contributed by atoms with Gasteiger partial charge in [0.05, 0.1) is 22.8 Å². The molecule has 0 saturated carbocycles. The molecule has 0 bridgehead atoms. The van der Waals surface area contributed by atoms with E-state index in [1.165, 1.54) is 11.4 Å². The number of hydrogen-bond acceptors (Lipinski definition) is 4. The van der Waals surface area contributed by atoms with Gasteiger partial charge in [-0.3, -0.25) is 15.0 Å². The van der Waals surface area contributed by atoms with Crippen LogP contribution in [0, 0.1) is 13.8 Å². The van der Waals surface area contributed by atoms with Gasteiger partial charge in [-0.15, -0.1) is 0 Å². The van der Waals surface area contributed by atoms with Crippen molar-refractivity contribution in [2.75, 3.05) is 31.1 Å². The van der Waals surface area contributed by atoms with E-state index in [4.69, 9.17) is 0 Å². The summed E-state index contributed by atoms with van der Waals surface area (Å²) in [6, 6.07) is 6.11. The van der Waals surface area contributed by atoms with Crippen molar-refractivity contribution in [3.63, 3.8) is 0 Å². The van der Waals surface area contributed by atoms with Gasteiger partial charge in [0.25, 0.3) is 0 Å². The summed E-state index contributed by atoms with van der Waals surface area (Å²) in [7, 11) is 0. The van der Waals surface area contributed by atoms with Crippen molar-refractivity contribution in [2.45, 2.75) is 20.4 Å². The van der Waals surface area contributed by atoms with Gasteiger partial charge in [-0.2, -0.15) is 5.10 Å². The summed E-state index contributed by atoms with van der Waals surface area (Å²) in [5.74, 6) is 0. The highest BCUT2D eigenvalue weighted by atomic mass is 15.3. The quantitative estimate of drug-likeness (QED) is 0.924. The summed E-state index contributed by atoms with van der Waals surface area (Å²) >= 11 is 0. The van der Waals surface area contributed by atoms with Crippen molar-refractivity contribution in [3.05, 3.63) is 41.5 Å². The lowest BCUT2D eigenvalue weighted by molar-refractivity contribution is 0.247. The second-order valence-corrected chi connectivity index (χ2v) is 5.37. The third-order valence-corrected chi connectivity index (χ3v) is 3.89. The van der Waals surface area contributed by atoms with Crippen LogP contribution in [0.15, 0.2) is 24.4 Å². The SMILES string of the molecule is Cc1n[nH]c(C)c1N1CCN(Cc2ccccn2)CC1. The van der Waals surface area contributed by atoms with Crippen LogP contribution in [-0.2, 0) is 6.54 Å². The Kier molecular flexibility index (Phi) is 3.69. The van der Waals surface area contributed by atoms with E-state index in [0.717, 1.165) is 44.1 Å². The van der Waals surface area contributed by atoms with Gasteiger partial charge in [0.2, 0.25) is 0 Å². The van der Waals surface area contributed by atoms with Crippen LogP contribution in [0.3, 0.4) is 0 Å².